The molecule has 0 bridgehead atoms. The maximum Gasteiger partial charge on any atom is 0.266 e. The van der Waals surface area contributed by atoms with Gasteiger partial charge in [0, 0.05) is 5.56 Å². The number of imide groups is 1. The Balaban J connectivity index is 1.62. The van der Waals surface area contributed by atoms with Crippen molar-refractivity contribution in [3.05, 3.63) is 83.9 Å². The minimum atomic E-state index is -1.00. The van der Waals surface area contributed by atoms with Gasteiger partial charge in [-0.05, 0) is 37.3 Å². The molecule has 2 saturated heterocycles. The first-order valence-corrected chi connectivity index (χ1v) is 10.3. The second-order valence-electron chi connectivity index (χ2n) is 7.90. The number of amides is 2. The lowest BCUT2D eigenvalue weighted by atomic mass is 9.90. The van der Waals surface area contributed by atoms with E-state index in [1.165, 1.54) is 12.0 Å². The highest BCUT2D eigenvalue weighted by Crippen LogP contribution is 2.50. The number of carbonyl (C=O) groups is 2. The van der Waals surface area contributed by atoms with Gasteiger partial charge < -0.3 is 9.84 Å². The summed E-state index contributed by atoms with van der Waals surface area (Å²) in [6.45, 7) is 1.94. The summed E-state index contributed by atoms with van der Waals surface area (Å²) in [6, 6.07) is 20.8. The van der Waals surface area contributed by atoms with Crippen LogP contribution >= 0.6 is 0 Å². The van der Waals surface area contributed by atoms with E-state index >= 15 is 0 Å². The van der Waals surface area contributed by atoms with Gasteiger partial charge in [0.05, 0.1) is 18.5 Å². The average molecular weight is 430 g/mol. The Kier molecular flexibility index (Phi) is 4.83. The van der Waals surface area contributed by atoms with Crippen molar-refractivity contribution in [3.8, 4) is 11.5 Å². The van der Waals surface area contributed by atoms with Crippen LogP contribution in [0.15, 0.2) is 72.8 Å². The maximum atomic E-state index is 13.6. The van der Waals surface area contributed by atoms with Gasteiger partial charge in [-0.3, -0.25) is 14.4 Å². The Labute approximate surface area is 185 Å². The lowest BCUT2D eigenvalue weighted by Gasteiger charge is -2.29. The molecule has 2 amide bonds. The quantitative estimate of drug-likeness (QED) is 0.635. The van der Waals surface area contributed by atoms with Crippen LogP contribution in [0.4, 0.5) is 11.4 Å². The zero-order valence-corrected chi connectivity index (χ0v) is 17.6. The molecule has 2 aliphatic heterocycles. The van der Waals surface area contributed by atoms with E-state index < -0.39 is 24.0 Å². The highest BCUT2D eigenvalue weighted by Gasteiger charge is 2.60. The van der Waals surface area contributed by atoms with Crippen LogP contribution in [0, 0.1) is 12.8 Å². The van der Waals surface area contributed by atoms with E-state index in [0.717, 1.165) is 5.56 Å². The first-order chi connectivity index (χ1) is 15.5. The monoisotopic (exact) mass is 430 g/mol. The van der Waals surface area contributed by atoms with Crippen molar-refractivity contribution in [2.75, 3.05) is 17.1 Å². The van der Waals surface area contributed by atoms with E-state index in [2.05, 4.69) is 0 Å². The fraction of sp³-hybridized carbons (Fsp3) is 0.200. The number of para-hydroxylation sites is 2. The third kappa shape index (κ3) is 3.01. The van der Waals surface area contributed by atoms with Crippen LogP contribution in [-0.2, 0) is 14.4 Å². The van der Waals surface area contributed by atoms with Gasteiger partial charge in [-0.25, -0.2) is 9.96 Å². The molecular formula is C25H22N2O5. The molecule has 3 atom stereocenters. The fourth-order valence-corrected chi connectivity index (χ4v) is 4.42. The molecule has 2 fully saturated rings. The number of fused-ring (bicyclic) bond motifs is 1. The number of hydrogen-bond acceptors (Lipinski definition) is 6. The molecule has 1 N–H and O–H groups in total. The number of hydrogen-bond donors (Lipinski definition) is 1. The number of phenols is 1. The molecule has 2 aliphatic rings. The number of rotatable bonds is 4. The predicted octanol–water partition coefficient (Wildman–Crippen LogP) is 3.76. The molecular weight excluding hydrogens is 408 g/mol. The van der Waals surface area contributed by atoms with Crippen LogP contribution in [0.5, 0.6) is 11.5 Å². The second kappa shape index (κ2) is 7.69. The summed E-state index contributed by atoms with van der Waals surface area (Å²) in [4.78, 5) is 34.2. The topological polar surface area (TPSA) is 79.3 Å². The molecule has 0 radical (unpaired) electrons. The van der Waals surface area contributed by atoms with E-state index in [9.17, 15) is 14.7 Å². The highest BCUT2D eigenvalue weighted by molar-refractivity contribution is 6.24. The number of nitrogens with zero attached hydrogens (tertiary/aromatic N) is 2. The van der Waals surface area contributed by atoms with Gasteiger partial charge in [0.25, 0.3) is 5.91 Å². The molecule has 0 unspecified atom stereocenters. The number of aryl methyl sites for hydroxylation is 1. The smallest absolute Gasteiger partial charge is 0.266 e. The molecule has 0 aliphatic carbocycles. The zero-order valence-electron chi connectivity index (χ0n) is 17.6. The summed E-state index contributed by atoms with van der Waals surface area (Å²) in [6.07, 6.45) is -1.00. The number of anilines is 2. The number of benzene rings is 3. The molecule has 0 aromatic heterocycles. The van der Waals surface area contributed by atoms with Gasteiger partial charge >= 0.3 is 0 Å². The van der Waals surface area contributed by atoms with Crippen LogP contribution in [0.25, 0.3) is 0 Å². The van der Waals surface area contributed by atoms with E-state index in [4.69, 9.17) is 9.57 Å². The van der Waals surface area contributed by atoms with Crippen molar-refractivity contribution < 1.29 is 24.3 Å². The summed E-state index contributed by atoms with van der Waals surface area (Å²) in [5.41, 5.74) is 2.66. The Morgan fingerprint density at radius 3 is 2.28 bits per heavy atom. The van der Waals surface area contributed by atoms with E-state index in [1.807, 2.05) is 49.4 Å². The molecule has 7 heteroatoms. The first-order valence-electron chi connectivity index (χ1n) is 10.3. The Morgan fingerprint density at radius 1 is 0.875 bits per heavy atom. The zero-order chi connectivity index (χ0) is 22.4. The number of methoxy groups -OCH3 is 1. The van der Waals surface area contributed by atoms with Gasteiger partial charge in [-0.2, -0.15) is 0 Å². The van der Waals surface area contributed by atoms with Gasteiger partial charge in [0.15, 0.2) is 17.6 Å². The number of aromatic hydroxyl groups is 1. The maximum absolute atomic E-state index is 13.6. The minimum absolute atomic E-state index is 0.0841. The standard InChI is InChI=1S/C25H22N2O5/c1-15-11-13-16(14-12-15)26-24(29)20-21(18-9-6-10-19(31-2)22(18)28)27(32-23(20)25(26)30)17-7-4-3-5-8-17/h3-14,20-21,23,28H,1-2H3/t20-,21+,23-/m0/s1. The molecule has 3 aromatic carbocycles. The van der Waals surface area contributed by atoms with Gasteiger partial charge in [-0.1, -0.05) is 48.0 Å². The van der Waals surface area contributed by atoms with Crippen molar-refractivity contribution in [1.29, 1.82) is 0 Å². The highest BCUT2D eigenvalue weighted by atomic mass is 16.7. The van der Waals surface area contributed by atoms with Gasteiger partial charge in [-0.15, -0.1) is 0 Å². The van der Waals surface area contributed by atoms with Crippen LogP contribution in [0.2, 0.25) is 0 Å². The second-order valence-corrected chi connectivity index (χ2v) is 7.90. The molecule has 5 rings (SSSR count). The van der Waals surface area contributed by atoms with Crippen molar-refractivity contribution >= 4 is 23.2 Å². The SMILES string of the molecule is COc1cccc([C@@H]2[C@@H]3C(=O)N(c4ccc(C)cc4)C(=O)[C@H]3ON2c2ccccc2)c1O. The molecule has 0 spiro atoms. The third-order valence-corrected chi connectivity index (χ3v) is 5.99. The van der Waals surface area contributed by atoms with Crippen LogP contribution in [-0.4, -0.2) is 30.1 Å². The van der Waals surface area contributed by atoms with E-state index in [-0.39, 0.29) is 17.4 Å². The summed E-state index contributed by atoms with van der Waals surface area (Å²) < 4.78 is 5.28. The van der Waals surface area contributed by atoms with Crippen LogP contribution in [0.3, 0.4) is 0 Å². The first kappa shape index (κ1) is 20.1. The number of ether oxygens (including phenoxy) is 1. The normalized spacial score (nSPS) is 22.4. The summed E-state index contributed by atoms with van der Waals surface area (Å²) in [5, 5.41) is 12.4. The van der Waals surface area contributed by atoms with E-state index in [1.54, 1.807) is 35.4 Å². The third-order valence-electron chi connectivity index (χ3n) is 5.99. The van der Waals surface area contributed by atoms with Gasteiger partial charge in [0.1, 0.15) is 12.0 Å². The Morgan fingerprint density at radius 2 is 1.59 bits per heavy atom. The van der Waals surface area contributed by atoms with Gasteiger partial charge in [0.2, 0.25) is 5.91 Å². The van der Waals surface area contributed by atoms with Crippen LogP contribution in [0.1, 0.15) is 17.2 Å². The molecule has 0 saturated carbocycles. The minimum Gasteiger partial charge on any atom is -0.504 e. The molecule has 2 heterocycles. The number of carbonyl (C=O) groups excluding carboxylic acids is 2. The largest absolute Gasteiger partial charge is 0.504 e. The number of hydroxylamine groups is 1. The summed E-state index contributed by atoms with van der Waals surface area (Å²) in [5.74, 6) is -1.42. The molecule has 3 aromatic rings. The Bertz CT molecular complexity index is 1180. The average Bonchev–Trinajstić information content (AvgIpc) is 3.31. The lowest BCUT2D eigenvalue weighted by Crippen LogP contribution is -2.37. The summed E-state index contributed by atoms with van der Waals surface area (Å²) >= 11 is 0. The molecule has 32 heavy (non-hydrogen) atoms. The molecule has 7 nitrogen and oxygen atoms in total. The Hall–Kier alpha value is -3.84. The van der Waals surface area contributed by atoms with Crippen molar-refractivity contribution in [1.82, 2.24) is 0 Å². The predicted molar refractivity (Wildman–Crippen MR) is 118 cm³/mol. The van der Waals surface area contributed by atoms with Crippen LogP contribution < -0.4 is 14.7 Å². The summed E-state index contributed by atoms with van der Waals surface area (Å²) in [7, 11) is 1.46. The lowest BCUT2D eigenvalue weighted by molar-refractivity contribution is -0.126. The molecule has 162 valence electrons. The van der Waals surface area contributed by atoms with Crippen molar-refractivity contribution in [2.24, 2.45) is 5.92 Å². The van der Waals surface area contributed by atoms with Crippen molar-refractivity contribution in [3.63, 3.8) is 0 Å². The number of phenolic OH excluding ortho intramolecular Hbond substituents is 1. The van der Waals surface area contributed by atoms with E-state index in [0.29, 0.717) is 16.9 Å². The van der Waals surface area contributed by atoms with Crippen molar-refractivity contribution in [2.45, 2.75) is 19.1 Å². The fourth-order valence-electron chi connectivity index (χ4n) is 4.42.